The Balaban J connectivity index is 1.75. The van der Waals surface area contributed by atoms with Gasteiger partial charge in [-0.2, -0.15) is 0 Å². The number of hydrogen-bond donors (Lipinski definition) is 0. The van der Waals surface area contributed by atoms with Crippen LogP contribution in [-0.4, -0.2) is 14.2 Å². The highest BCUT2D eigenvalue weighted by atomic mass is 16.5. The number of anilines is 1. The number of ether oxygens (including phenoxy) is 2. The largest absolute Gasteiger partial charge is 0.497 e. The molecule has 0 N–H and O–H groups in total. The molecule has 0 saturated carbocycles. The summed E-state index contributed by atoms with van der Waals surface area (Å²) in [4.78, 5) is 2.21. The molecule has 2 aliphatic heterocycles. The molecule has 0 fully saturated rings. The minimum atomic E-state index is -0.676. The second kappa shape index (κ2) is 5.40. The molecule has 3 nitrogen and oxygen atoms in total. The molecule has 1 unspecified atom stereocenters. The Morgan fingerprint density at radius 3 is 2.54 bits per heavy atom. The summed E-state index contributed by atoms with van der Waals surface area (Å²) in [5.74, 6) is 1.62. The van der Waals surface area contributed by atoms with Crippen LogP contribution in [0.15, 0.2) is 72.8 Å². The molecule has 0 radical (unpaired) electrons. The van der Waals surface area contributed by atoms with Crippen LogP contribution in [0.5, 0.6) is 11.5 Å². The lowest BCUT2D eigenvalue weighted by atomic mass is 9.84. The number of para-hydroxylation sites is 1. The first-order valence-electron chi connectivity index (χ1n) is 8.72. The molecule has 3 heteroatoms. The fraction of sp³-hybridized carbons (Fsp3) is 0.130. The van der Waals surface area contributed by atoms with E-state index in [0.29, 0.717) is 0 Å². The van der Waals surface area contributed by atoms with Gasteiger partial charge in [0.05, 0.1) is 7.11 Å². The third-order valence-electron chi connectivity index (χ3n) is 5.34. The molecule has 1 atom stereocenters. The third-order valence-corrected chi connectivity index (χ3v) is 5.34. The number of benzene rings is 3. The van der Waals surface area contributed by atoms with Gasteiger partial charge >= 0.3 is 0 Å². The smallest absolute Gasteiger partial charge is 0.229 e. The van der Waals surface area contributed by atoms with Crippen molar-refractivity contribution in [2.24, 2.45) is 0 Å². The highest BCUT2D eigenvalue weighted by Crippen LogP contribution is 2.50. The summed E-state index contributed by atoms with van der Waals surface area (Å²) in [5, 5.41) is 0. The zero-order chi connectivity index (χ0) is 17.7. The van der Waals surface area contributed by atoms with Crippen LogP contribution in [0.4, 0.5) is 5.69 Å². The Morgan fingerprint density at radius 2 is 1.69 bits per heavy atom. The van der Waals surface area contributed by atoms with Crippen LogP contribution in [0, 0.1) is 0 Å². The van der Waals surface area contributed by atoms with E-state index in [-0.39, 0.29) is 0 Å². The zero-order valence-corrected chi connectivity index (χ0v) is 14.8. The number of nitrogens with zero attached hydrogens (tertiary/aromatic N) is 1. The maximum Gasteiger partial charge on any atom is 0.229 e. The molecular weight excluding hydrogens is 322 g/mol. The molecule has 0 amide bonds. The molecule has 3 aromatic rings. The van der Waals surface area contributed by atoms with Crippen molar-refractivity contribution >= 4 is 11.8 Å². The summed E-state index contributed by atoms with van der Waals surface area (Å²) in [6.07, 6.45) is 4.29. The number of rotatable bonds is 1. The molecule has 5 rings (SSSR count). The molecule has 2 aliphatic rings. The van der Waals surface area contributed by atoms with Gasteiger partial charge in [0, 0.05) is 35.5 Å². The zero-order valence-electron chi connectivity index (χ0n) is 14.8. The molecule has 128 valence electrons. The first-order chi connectivity index (χ1) is 12.7. The molecule has 2 heterocycles. The number of fused-ring (bicyclic) bond motifs is 5. The van der Waals surface area contributed by atoms with E-state index in [1.807, 2.05) is 18.2 Å². The Hall–Kier alpha value is -3.20. The summed E-state index contributed by atoms with van der Waals surface area (Å²) in [7, 11) is 3.76. The fourth-order valence-electron chi connectivity index (χ4n) is 3.98. The van der Waals surface area contributed by atoms with Crippen molar-refractivity contribution in [3.63, 3.8) is 0 Å². The first kappa shape index (κ1) is 15.1. The lowest BCUT2D eigenvalue weighted by Crippen LogP contribution is -2.50. The molecule has 0 saturated heterocycles. The number of methoxy groups -OCH3 is 1. The van der Waals surface area contributed by atoms with E-state index in [1.165, 1.54) is 11.1 Å². The molecule has 0 bridgehead atoms. The monoisotopic (exact) mass is 341 g/mol. The Bertz CT molecular complexity index is 1040. The van der Waals surface area contributed by atoms with Gasteiger partial charge in [-0.25, -0.2) is 0 Å². The quantitative estimate of drug-likeness (QED) is 0.617. The number of hydrogen-bond acceptors (Lipinski definition) is 3. The molecule has 26 heavy (non-hydrogen) atoms. The standard InChI is InChI=1S/C23H19NO2/c1-24-21-10-6-4-8-19(21)18-7-3-5-9-20(18)23(24)14-13-16-11-12-17(25-2)15-22(16)26-23/h3-15H,1-2H3. The van der Waals surface area contributed by atoms with E-state index in [2.05, 4.69) is 72.6 Å². The van der Waals surface area contributed by atoms with E-state index in [9.17, 15) is 0 Å². The summed E-state index contributed by atoms with van der Waals surface area (Å²) in [6, 6.07) is 22.9. The van der Waals surface area contributed by atoms with E-state index >= 15 is 0 Å². The van der Waals surface area contributed by atoms with Gasteiger partial charge < -0.3 is 14.4 Å². The highest BCUT2D eigenvalue weighted by Gasteiger charge is 2.44. The lowest BCUT2D eigenvalue weighted by molar-refractivity contribution is 0.116. The first-order valence-corrected chi connectivity index (χ1v) is 8.72. The van der Waals surface area contributed by atoms with Gasteiger partial charge in [0.1, 0.15) is 11.5 Å². The molecular formula is C23H19NO2. The van der Waals surface area contributed by atoms with Gasteiger partial charge in [-0.05, 0) is 35.9 Å². The Morgan fingerprint density at radius 1 is 0.923 bits per heavy atom. The maximum absolute atomic E-state index is 6.66. The van der Waals surface area contributed by atoms with E-state index in [1.54, 1.807) is 7.11 Å². The number of likely N-dealkylation sites (N-methyl/N-ethyl adjacent to an activating group) is 1. The van der Waals surface area contributed by atoms with Crippen molar-refractivity contribution in [1.82, 2.24) is 0 Å². The Kier molecular flexibility index (Phi) is 3.13. The van der Waals surface area contributed by atoms with Crippen molar-refractivity contribution in [3.05, 3.63) is 83.9 Å². The van der Waals surface area contributed by atoms with Crippen LogP contribution >= 0.6 is 0 Å². The van der Waals surface area contributed by atoms with Crippen molar-refractivity contribution in [2.75, 3.05) is 19.1 Å². The summed E-state index contributed by atoms with van der Waals surface area (Å²) < 4.78 is 12.0. The van der Waals surface area contributed by atoms with Gasteiger partial charge in [0.25, 0.3) is 0 Å². The molecule has 0 aromatic heterocycles. The average molecular weight is 341 g/mol. The predicted molar refractivity (Wildman–Crippen MR) is 105 cm³/mol. The summed E-state index contributed by atoms with van der Waals surface area (Å²) in [5.41, 5.74) is 5.11. The van der Waals surface area contributed by atoms with Crippen LogP contribution in [0.1, 0.15) is 11.1 Å². The van der Waals surface area contributed by atoms with E-state index < -0.39 is 5.72 Å². The van der Waals surface area contributed by atoms with Gasteiger partial charge in [0.15, 0.2) is 0 Å². The van der Waals surface area contributed by atoms with Gasteiger partial charge in [-0.15, -0.1) is 0 Å². The normalized spacial score (nSPS) is 19.4. The van der Waals surface area contributed by atoms with Crippen molar-refractivity contribution in [3.8, 4) is 22.6 Å². The second-order valence-electron chi connectivity index (χ2n) is 6.66. The van der Waals surface area contributed by atoms with Gasteiger partial charge in [0.2, 0.25) is 5.72 Å². The fourth-order valence-corrected chi connectivity index (χ4v) is 3.98. The van der Waals surface area contributed by atoms with Crippen molar-refractivity contribution in [1.29, 1.82) is 0 Å². The average Bonchev–Trinajstić information content (AvgIpc) is 2.71. The predicted octanol–water partition coefficient (Wildman–Crippen LogP) is 5.07. The van der Waals surface area contributed by atoms with E-state index in [4.69, 9.17) is 9.47 Å². The van der Waals surface area contributed by atoms with Gasteiger partial charge in [-0.3, -0.25) is 0 Å². The van der Waals surface area contributed by atoms with E-state index in [0.717, 1.165) is 28.3 Å². The minimum Gasteiger partial charge on any atom is -0.497 e. The maximum atomic E-state index is 6.66. The van der Waals surface area contributed by atoms with Crippen molar-refractivity contribution < 1.29 is 9.47 Å². The third kappa shape index (κ3) is 1.94. The summed E-state index contributed by atoms with van der Waals surface area (Å²) >= 11 is 0. The highest BCUT2D eigenvalue weighted by molar-refractivity contribution is 5.87. The second-order valence-corrected chi connectivity index (χ2v) is 6.66. The van der Waals surface area contributed by atoms with Crippen LogP contribution in [-0.2, 0) is 5.72 Å². The van der Waals surface area contributed by atoms with Crippen molar-refractivity contribution in [2.45, 2.75) is 5.72 Å². The van der Waals surface area contributed by atoms with Crippen LogP contribution < -0.4 is 14.4 Å². The Labute approximate surface area is 153 Å². The summed E-state index contributed by atoms with van der Waals surface area (Å²) in [6.45, 7) is 0. The lowest BCUT2D eigenvalue weighted by Gasteiger charge is -2.47. The SMILES string of the molecule is COc1ccc2c(c1)OC1(C=C2)c2ccccc2-c2ccccc2N1C. The van der Waals surface area contributed by atoms with Crippen LogP contribution in [0.3, 0.4) is 0 Å². The molecule has 3 aromatic carbocycles. The minimum absolute atomic E-state index is 0.676. The molecule has 0 aliphatic carbocycles. The van der Waals surface area contributed by atoms with Crippen LogP contribution in [0.2, 0.25) is 0 Å². The topological polar surface area (TPSA) is 21.7 Å². The van der Waals surface area contributed by atoms with Crippen LogP contribution in [0.25, 0.3) is 17.2 Å². The van der Waals surface area contributed by atoms with Gasteiger partial charge in [-0.1, -0.05) is 42.5 Å². The molecule has 1 spiro atoms.